The van der Waals surface area contributed by atoms with Gasteiger partial charge in [0.05, 0.1) is 25.3 Å². The Morgan fingerprint density at radius 1 is 1.21 bits per heavy atom. The van der Waals surface area contributed by atoms with E-state index in [1.54, 1.807) is 19.3 Å². The summed E-state index contributed by atoms with van der Waals surface area (Å²) < 4.78 is 39.1. The molecular formula is C16H23N3O4S. The Labute approximate surface area is 142 Å². The molecule has 0 bridgehead atoms. The Morgan fingerprint density at radius 2 is 1.88 bits per heavy atom. The second kappa shape index (κ2) is 7.23. The normalized spacial score (nSPS) is 11.8. The highest BCUT2D eigenvalue weighted by atomic mass is 32.2. The van der Waals surface area contributed by atoms with Crippen molar-refractivity contribution in [2.75, 3.05) is 21.3 Å². The summed E-state index contributed by atoms with van der Waals surface area (Å²) in [5, 5.41) is 4.25. The summed E-state index contributed by atoms with van der Waals surface area (Å²) in [6.45, 7) is 4.93. The molecule has 2 rings (SSSR count). The standard InChI is InChI=1S/C16H23N3O4S/c1-6-19-12(2)13(10-17-19)11-18(3)24(20,21)14-7-8-15(22-4)16(9-14)23-5/h7-10H,6,11H2,1-5H3. The summed E-state index contributed by atoms with van der Waals surface area (Å²) in [6.07, 6.45) is 1.71. The van der Waals surface area contributed by atoms with Gasteiger partial charge in [0.1, 0.15) is 0 Å². The lowest BCUT2D eigenvalue weighted by molar-refractivity contribution is 0.353. The van der Waals surface area contributed by atoms with E-state index < -0.39 is 10.0 Å². The zero-order chi connectivity index (χ0) is 17.9. The molecule has 0 amide bonds. The number of rotatable bonds is 7. The molecule has 0 aliphatic carbocycles. The van der Waals surface area contributed by atoms with Crippen molar-refractivity contribution in [2.24, 2.45) is 0 Å². The molecule has 0 N–H and O–H groups in total. The van der Waals surface area contributed by atoms with Gasteiger partial charge in [0.25, 0.3) is 0 Å². The molecule has 0 unspecified atom stereocenters. The van der Waals surface area contributed by atoms with Crippen LogP contribution in [0.3, 0.4) is 0 Å². The van der Waals surface area contributed by atoms with Crippen molar-refractivity contribution in [3.05, 3.63) is 35.7 Å². The summed E-state index contributed by atoms with van der Waals surface area (Å²) in [4.78, 5) is 0.156. The van der Waals surface area contributed by atoms with Crippen LogP contribution in [0.25, 0.3) is 0 Å². The molecule has 0 fully saturated rings. The third kappa shape index (κ3) is 3.39. The second-order valence-corrected chi connectivity index (χ2v) is 7.39. The number of hydrogen-bond donors (Lipinski definition) is 0. The molecule has 0 aliphatic rings. The van der Waals surface area contributed by atoms with Gasteiger partial charge in [0.15, 0.2) is 11.5 Å². The molecule has 0 atom stereocenters. The minimum atomic E-state index is -3.65. The lowest BCUT2D eigenvalue weighted by Crippen LogP contribution is -2.26. The summed E-state index contributed by atoms with van der Waals surface area (Å²) in [6, 6.07) is 4.56. The number of methoxy groups -OCH3 is 2. The van der Waals surface area contributed by atoms with Crippen molar-refractivity contribution in [3.63, 3.8) is 0 Å². The van der Waals surface area contributed by atoms with Gasteiger partial charge < -0.3 is 9.47 Å². The maximum Gasteiger partial charge on any atom is 0.243 e. The Kier molecular flexibility index (Phi) is 5.51. The number of benzene rings is 1. The van der Waals surface area contributed by atoms with E-state index in [0.29, 0.717) is 11.5 Å². The largest absolute Gasteiger partial charge is 0.493 e. The summed E-state index contributed by atoms with van der Waals surface area (Å²) in [5.41, 5.74) is 1.84. The number of sulfonamides is 1. The van der Waals surface area contributed by atoms with E-state index in [1.807, 2.05) is 18.5 Å². The average molecular weight is 353 g/mol. The van der Waals surface area contributed by atoms with Crippen molar-refractivity contribution in [2.45, 2.75) is 31.8 Å². The molecule has 8 heteroatoms. The van der Waals surface area contributed by atoms with Crippen molar-refractivity contribution >= 4 is 10.0 Å². The first-order valence-corrected chi connectivity index (χ1v) is 8.98. The van der Waals surface area contributed by atoms with Gasteiger partial charge in [-0.2, -0.15) is 9.40 Å². The first-order chi connectivity index (χ1) is 11.3. The van der Waals surface area contributed by atoms with Crippen LogP contribution >= 0.6 is 0 Å². The fraction of sp³-hybridized carbons (Fsp3) is 0.438. The van der Waals surface area contributed by atoms with E-state index in [0.717, 1.165) is 17.8 Å². The van der Waals surface area contributed by atoms with Crippen LogP contribution in [-0.4, -0.2) is 43.8 Å². The van der Waals surface area contributed by atoms with E-state index in [1.165, 1.54) is 30.7 Å². The summed E-state index contributed by atoms with van der Waals surface area (Å²) in [7, 11) is 0.881. The predicted octanol–water partition coefficient (Wildman–Crippen LogP) is 2.05. The van der Waals surface area contributed by atoms with Crippen molar-refractivity contribution in [1.29, 1.82) is 0 Å². The van der Waals surface area contributed by atoms with Gasteiger partial charge in [0.2, 0.25) is 10.0 Å². The Morgan fingerprint density at radius 3 is 2.42 bits per heavy atom. The van der Waals surface area contributed by atoms with Crippen LogP contribution in [0, 0.1) is 6.92 Å². The highest BCUT2D eigenvalue weighted by molar-refractivity contribution is 7.89. The number of hydrogen-bond acceptors (Lipinski definition) is 5. The van der Waals surface area contributed by atoms with E-state index in [4.69, 9.17) is 9.47 Å². The van der Waals surface area contributed by atoms with Crippen molar-refractivity contribution in [1.82, 2.24) is 14.1 Å². The minimum Gasteiger partial charge on any atom is -0.493 e. The number of aromatic nitrogens is 2. The number of nitrogens with zero attached hydrogens (tertiary/aromatic N) is 3. The molecule has 1 aromatic carbocycles. The SMILES string of the molecule is CCn1ncc(CN(C)S(=O)(=O)c2ccc(OC)c(OC)c2)c1C. The Bertz CT molecular complexity index is 815. The second-order valence-electron chi connectivity index (χ2n) is 5.35. The third-order valence-corrected chi connectivity index (χ3v) is 5.76. The Balaban J connectivity index is 2.30. The zero-order valence-corrected chi connectivity index (χ0v) is 15.4. The summed E-state index contributed by atoms with van der Waals surface area (Å²) >= 11 is 0. The molecule has 0 radical (unpaired) electrons. The monoisotopic (exact) mass is 353 g/mol. The fourth-order valence-electron chi connectivity index (χ4n) is 2.44. The van der Waals surface area contributed by atoms with Crippen LogP contribution in [0.4, 0.5) is 0 Å². The Hall–Kier alpha value is -2.06. The van der Waals surface area contributed by atoms with Gasteiger partial charge in [-0.25, -0.2) is 8.42 Å². The highest BCUT2D eigenvalue weighted by Crippen LogP contribution is 2.30. The van der Waals surface area contributed by atoms with Gasteiger partial charge in [-0.1, -0.05) is 0 Å². The van der Waals surface area contributed by atoms with E-state index in [-0.39, 0.29) is 11.4 Å². The molecule has 0 spiro atoms. The molecule has 7 nitrogen and oxygen atoms in total. The predicted molar refractivity (Wildman–Crippen MR) is 90.8 cm³/mol. The maximum absolute atomic E-state index is 12.8. The van der Waals surface area contributed by atoms with Crippen LogP contribution < -0.4 is 9.47 Å². The van der Waals surface area contributed by atoms with Crippen LogP contribution in [0.5, 0.6) is 11.5 Å². The zero-order valence-electron chi connectivity index (χ0n) is 14.6. The van der Waals surface area contributed by atoms with E-state index >= 15 is 0 Å². The van der Waals surface area contributed by atoms with Crippen LogP contribution in [-0.2, 0) is 23.1 Å². The lowest BCUT2D eigenvalue weighted by atomic mass is 10.2. The molecular weight excluding hydrogens is 330 g/mol. The highest BCUT2D eigenvalue weighted by Gasteiger charge is 2.23. The molecule has 0 saturated heterocycles. The topological polar surface area (TPSA) is 73.7 Å². The molecule has 132 valence electrons. The van der Waals surface area contributed by atoms with Gasteiger partial charge in [-0.05, 0) is 26.0 Å². The molecule has 2 aromatic rings. The molecule has 0 aliphatic heterocycles. The third-order valence-electron chi connectivity index (χ3n) is 3.96. The quantitative estimate of drug-likeness (QED) is 0.762. The minimum absolute atomic E-state index is 0.156. The van der Waals surface area contributed by atoms with Crippen molar-refractivity contribution < 1.29 is 17.9 Å². The molecule has 24 heavy (non-hydrogen) atoms. The van der Waals surface area contributed by atoms with Crippen molar-refractivity contribution in [3.8, 4) is 11.5 Å². The fourth-order valence-corrected chi connectivity index (χ4v) is 3.61. The van der Waals surface area contributed by atoms with E-state index in [2.05, 4.69) is 5.10 Å². The maximum atomic E-state index is 12.8. The van der Waals surface area contributed by atoms with Crippen LogP contribution in [0.15, 0.2) is 29.3 Å². The van der Waals surface area contributed by atoms with Crippen LogP contribution in [0.1, 0.15) is 18.2 Å². The van der Waals surface area contributed by atoms with Crippen LogP contribution in [0.2, 0.25) is 0 Å². The molecule has 0 saturated carbocycles. The van der Waals surface area contributed by atoms with E-state index in [9.17, 15) is 8.42 Å². The first kappa shape index (κ1) is 18.3. The molecule has 1 heterocycles. The van der Waals surface area contributed by atoms with Gasteiger partial charge in [-0.15, -0.1) is 0 Å². The first-order valence-electron chi connectivity index (χ1n) is 7.54. The lowest BCUT2D eigenvalue weighted by Gasteiger charge is -2.18. The van der Waals surface area contributed by atoms with Gasteiger partial charge >= 0.3 is 0 Å². The average Bonchev–Trinajstić information content (AvgIpc) is 2.93. The summed E-state index contributed by atoms with van der Waals surface area (Å²) in [5.74, 6) is 0.862. The number of aryl methyl sites for hydroxylation is 1. The molecule has 1 aromatic heterocycles. The van der Waals surface area contributed by atoms with Gasteiger partial charge in [-0.3, -0.25) is 4.68 Å². The smallest absolute Gasteiger partial charge is 0.243 e. The number of ether oxygens (including phenoxy) is 2. The van der Waals surface area contributed by atoms with Gasteiger partial charge in [0, 0.05) is 37.5 Å².